The summed E-state index contributed by atoms with van der Waals surface area (Å²) in [6.07, 6.45) is 0.890. The van der Waals surface area contributed by atoms with Crippen molar-refractivity contribution in [2.75, 3.05) is 0 Å². The fourth-order valence-corrected chi connectivity index (χ4v) is 4.05. The minimum Gasteiger partial charge on any atom is -0.460 e. The molecule has 0 aromatic heterocycles. The summed E-state index contributed by atoms with van der Waals surface area (Å²) in [4.78, 5) is 24.0. The second-order valence-corrected chi connectivity index (χ2v) is 7.23. The van der Waals surface area contributed by atoms with Gasteiger partial charge in [-0.3, -0.25) is 15.3 Å². The number of amides is 1. The zero-order chi connectivity index (χ0) is 14.5. The quantitative estimate of drug-likeness (QED) is 0.720. The summed E-state index contributed by atoms with van der Waals surface area (Å²) in [6, 6.07) is 0. The van der Waals surface area contributed by atoms with Crippen molar-refractivity contribution in [1.29, 1.82) is 0 Å². The van der Waals surface area contributed by atoms with Crippen LogP contribution in [0.5, 0.6) is 0 Å². The molecular formula is C15H24NO3. The van der Waals surface area contributed by atoms with Gasteiger partial charge in [-0.05, 0) is 50.9 Å². The van der Waals surface area contributed by atoms with Crippen molar-refractivity contribution in [2.45, 2.75) is 46.6 Å². The van der Waals surface area contributed by atoms with E-state index in [2.05, 4.69) is 13.8 Å². The Morgan fingerprint density at radius 2 is 1.53 bits per heavy atom. The number of hydrogen-bond donors (Lipinski definition) is 0. The average Bonchev–Trinajstić information content (AvgIpc) is 2.74. The van der Waals surface area contributed by atoms with Crippen LogP contribution in [0.1, 0.15) is 41.0 Å². The van der Waals surface area contributed by atoms with Crippen molar-refractivity contribution < 1.29 is 14.3 Å². The van der Waals surface area contributed by atoms with Crippen molar-refractivity contribution in [1.82, 2.24) is 5.73 Å². The lowest BCUT2D eigenvalue weighted by molar-refractivity contribution is -0.167. The van der Waals surface area contributed by atoms with Gasteiger partial charge in [0.1, 0.15) is 5.60 Å². The predicted octanol–water partition coefficient (Wildman–Crippen LogP) is 2.29. The topological polar surface area (TPSA) is 67.2 Å². The van der Waals surface area contributed by atoms with E-state index in [0.29, 0.717) is 11.8 Å². The molecule has 2 aliphatic rings. The Kier molecular flexibility index (Phi) is 3.40. The largest absolute Gasteiger partial charge is 0.460 e. The molecule has 0 spiro atoms. The van der Waals surface area contributed by atoms with Crippen molar-refractivity contribution in [2.24, 2.45) is 35.5 Å². The van der Waals surface area contributed by atoms with Crippen molar-refractivity contribution in [3.63, 3.8) is 0 Å². The van der Waals surface area contributed by atoms with Gasteiger partial charge in [0.15, 0.2) is 0 Å². The molecule has 107 valence electrons. The van der Waals surface area contributed by atoms with Crippen LogP contribution in [0.3, 0.4) is 0 Å². The van der Waals surface area contributed by atoms with Crippen LogP contribution in [0.2, 0.25) is 0 Å². The zero-order valence-corrected chi connectivity index (χ0v) is 12.4. The molecule has 1 N–H and O–H groups in total. The fraction of sp³-hybridized carbons (Fsp3) is 0.867. The number of fused-ring (bicyclic) bond motifs is 2. The molecule has 0 heterocycles. The first-order valence-corrected chi connectivity index (χ1v) is 7.12. The maximum atomic E-state index is 12.4. The lowest BCUT2D eigenvalue weighted by Gasteiger charge is -2.36. The van der Waals surface area contributed by atoms with Crippen LogP contribution in [0.4, 0.5) is 0 Å². The Morgan fingerprint density at radius 1 is 1.05 bits per heavy atom. The summed E-state index contributed by atoms with van der Waals surface area (Å²) in [7, 11) is 0. The first-order valence-electron chi connectivity index (χ1n) is 7.12. The van der Waals surface area contributed by atoms with E-state index in [0.717, 1.165) is 6.42 Å². The van der Waals surface area contributed by atoms with Gasteiger partial charge < -0.3 is 4.74 Å². The third-order valence-electron chi connectivity index (χ3n) is 5.02. The van der Waals surface area contributed by atoms with Crippen LogP contribution in [0, 0.1) is 35.5 Å². The first-order chi connectivity index (χ1) is 8.63. The summed E-state index contributed by atoms with van der Waals surface area (Å²) in [5.41, 5.74) is 6.95. The SMILES string of the molecule is CC1C(C)C2CC1C(C([NH])=O)C2C(=O)OC(C)(C)C. The molecule has 0 aliphatic heterocycles. The van der Waals surface area contributed by atoms with E-state index in [-0.39, 0.29) is 17.8 Å². The van der Waals surface area contributed by atoms with Crippen LogP contribution in [-0.2, 0) is 14.3 Å². The van der Waals surface area contributed by atoms with Gasteiger partial charge in [0.2, 0.25) is 5.91 Å². The molecule has 2 aliphatic carbocycles. The van der Waals surface area contributed by atoms with E-state index >= 15 is 0 Å². The zero-order valence-electron chi connectivity index (χ0n) is 12.4. The molecule has 2 fully saturated rings. The predicted molar refractivity (Wildman–Crippen MR) is 70.9 cm³/mol. The lowest BCUT2D eigenvalue weighted by Crippen LogP contribution is -2.43. The molecule has 4 nitrogen and oxygen atoms in total. The van der Waals surface area contributed by atoms with Gasteiger partial charge in [0.05, 0.1) is 11.8 Å². The Labute approximate surface area is 115 Å². The molecule has 4 heteroatoms. The molecule has 2 saturated carbocycles. The molecule has 6 unspecified atom stereocenters. The minimum atomic E-state index is -0.595. The van der Waals surface area contributed by atoms with Gasteiger partial charge in [0.25, 0.3) is 0 Å². The molecule has 2 rings (SSSR count). The third-order valence-corrected chi connectivity index (χ3v) is 5.02. The molecule has 6 atom stereocenters. The Bertz CT molecular complexity index is 399. The molecule has 0 aromatic carbocycles. The highest BCUT2D eigenvalue weighted by Crippen LogP contribution is 2.58. The van der Waals surface area contributed by atoms with E-state index in [9.17, 15) is 9.59 Å². The maximum Gasteiger partial charge on any atom is 0.310 e. The van der Waals surface area contributed by atoms with E-state index in [1.54, 1.807) is 0 Å². The second-order valence-electron chi connectivity index (χ2n) is 7.23. The van der Waals surface area contributed by atoms with Crippen LogP contribution in [0.15, 0.2) is 0 Å². The number of carbonyl (C=O) groups excluding carboxylic acids is 2. The maximum absolute atomic E-state index is 12.4. The number of rotatable bonds is 2. The fourth-order valence-electron chi connectivity index (χ4n) is 4.05. The highest BCUT2D eigenvalue weighted by molar-refractivity contribution is 5.85. The number of esters is 1. The van der Waals surface area contributed by atoms with Gasteiger partial charge in [-0.25, -0.2) is 0 Å². The van der Waals surface area contributed by atoms with Crippen molar-refractivity contribution in [3.05, 3.63) is 0 Å². The molecule has 1 amide bonds. The highest BCUT2D eigenvalue weighted by Gasteiger charge is 2.60. The number of carbonyl (C=O) groups is 2. The number of ether oxygens (including phenoxy) is 1. The van der Waals surface area contributed by atoms with E-state index in [4.69, 9.17) is 10.5 Å². The molecule has 0 saturated heterocycles. The lowest BCUT2D eigenvalue weighted by atomic mass is 9.69. The molecule has 0 aromatic rings. The molecule has 1 radical (unpaired) electrons. The van der Waals surface area contributed by atoms with Gasteiger partial charge in [-0.2, -0.15) is 0 Å². The summed E-state index contributed by atoms with van der Waals surface area (Å²) < 4.78 is 5.46. The van der Waals surface area contributed by atoms with E-state index in [1.807, 2.05) is 20.8 Å². The molecule has 2 bridgehead atoms. The Balaban J connectivity index is 2.23. The summed E-state index contributed by atoms with van der Waals surface area (Å²) >= 11 is 0. The number of hydrogen-bond acceptors (Lipinski definition) is 3. The first kappa shape index (κ1) is 14.4. The normalized spacial score (nSPS) is 41.3. The Morgan fingerprint density at radius 3 is 1.95 bits per heavy atom. The standard InChI is InChI=1S/C15H24NO3/c1-7-8(2)10-6-9(7)11(13(16)17)12(10)14(18)19-15(3,4)5/h7-12,16H,6H2,1-5H3. The molecular weight excluding hydrogens is 242 g/mol. The smallest absolute Gasteiger partial charge is 0.310 e. The van der Waals surface area contributed by atoms with Gasteiger partial charge >= 0.3 is 5.97 Å². The van der Waals surface area contributed by atoms with Gasteiger partial charge in [-0.15, -0.1) is 0 Å². The van der Waals surface area contributed by atoms with Crippen LogP contribution < -0.4 is 5.73 Å². The summed E-state index contributed by atoms with van der Waals surface area (Å²) in [6.45, 7) is 9.79. The Hall–Kier alpha value is -1.06. The highest BCUT2D eigenvalue weighted by atomic mass is 16.6. The summed E-state index contributed by atoms with van der Waals surface area (Å²) in [5, 5.41) is 0. The van der Waals surface area contributed by atoms with Crippen LogP contribution in [-0.4, -0.2) is 17.5 Å². The molecule has 19 heavy (non-hydrogen) atoms. The van der Waals surface area contributed by atoms with Gasteiger partial charge in [-0.1, -0.05) is 13.8 Å². The van der Waals surface area contributed by atoms with Crippen molar-refractivity contribution >= 4 is 11.9 Å². The monoisotopic (exact) mass is 266 g/mol. The minimum absolute atomic E-state index is 0.183. The van der Waals surface area contributed by atoms with Gasteiger partial charge in [0, 0.05) is 0 Å². The van der Waals surface area contributed by atoms with Crippen LogP contribution >= 0.6 is 0 Å². The second kappa shape index (κ2) is 4.50. The van der Waals surface area contributed by atoms with E-state index in [1.165, 1.54) is 0 Å². The average molecular weight is 266 g/mol. The van der Waals surface area contributed by atoms with E-state index < -0.39 is 23.3 Å². The van der Waals surface area contributed by atoms with Crippen molar-refractivity contribution in [3.8, 4) is 0 Å². The van der Waals surface area contributed by atoms with Crippen LogP contribution in [0.25, 0.3) is 0 Å². The summed E-state index contributed by atoms with van der Waals surface area (Å²) in [5.74, 6) is -0.504. The third kappa shape index (κ3) is 2.37. The number of nitrogens with one attached hydrogen (secondary N) is 1.